The molecule has 7 nitrogen and oxygen atoms in total. The van der Waals surface area contributed by atoms with Crippen molar-refractivity contribution in [3.05, 3.63) is 66.5 Å². The number of carbonyl (C=O) groups is 1. The average Bonchev–Trinajstić information content (AvgIpc) is 3.07. The van der Waals surface area contributed by atoms with Gasteiger partial charge in [-0.15, -0.1) is 0 Å². The minimum atomic E-state index is -2.98. The van der Waals surface area contributed by atoms with Crippen LogP contribution in [0.4, 0.5) is 13.2 Å². The predicted octanol–water partition coefficient (Wildman–Crippen LogP) is 3.92. The third-order valence-electron chi connectivity index (χ3n) is 4.08. The molecule has 0 aliphatic carbocycles. The van der Waals surface area contributed by atoms with E-state index in [0.717, 1.165) is 12.4 Å². The second kappa shape index (κ2) is 7.23. The molecule has 3 heterocycles. The molecule has 3 aromatic heterocycles. The standard InChI is InChI=1S/C19H11F3N4O3/c20-12-7-24-19(25-8-12)26-9-14(10-2-1-3-13(4-10)29-18(21)22)16-15(26)5-11(6-23-16)17(27)28/h1-9,18H,(H,27,28). The Kier molecular flexibility index (Phi) is 4.59. The van der Waals surface area contributed by atoms with Crippen LogP contribution < -0.4 is 4.74 Å². The van der Waals surface area contributed by atoms with E-state index in [2.05, 4.69) is 19.7 Å². The Morgan fingerprint density at radius 2 is 1.86 bits per heavy atom. The summed E-state index contributed by atoms with van der Waals surface area (Å²) in [5.74, 6) is -1.77. The van der Waals surface area contributed by atoms with Crippen molar-refractivity contribution in [1.29, 1.82) is 0 Å². The molecule has 0 aliphatic rings. The van der Waals surface area contributed by atoms with Crippen LogP contribution >= 0.6 is 0 Å². The van der Waals surface area contributed by atoms with Crippen LogP contribution in [-0.4, -0.2) is 37.2 Å². The molecule has 0 bridgehead atoms. The SMILES string of the molecule is O=C(O)c1cnc2c(-c3cccc(OC(F)F)c3)cn(-c3ncc(F)cn3)c2c1. The third kappa shape index (κ3) is 3.59. The number of carboxylic acids is 1. The quantitative estimate of drug-likeness (QED) is 0.546. The minimum Gasteiger partial charge on any atom is -0.478 e. The van der Waals surface area contributed by atoms with E-state index < -0.39 is 18.4 Å². The van der Waals surface area contributed by atoms with Crippen LogP contribution in [0, 0.1) is 5.82 Å². The largest absolute Gasteiger partial charge is 0.478 e. The molecule has 0 amide bonds. The number of halogens is 3. The van der Waals surface area contributed by atoms with Crippen LogP contribution in [0.25, 0.3) is 28.1 Å². The van der Waals surface area contributed by atoms with Crippen LogP contribution in [0.1, 0.15) is 10.4 Å². The van der Waals surface area contributed by atoms with Crippen LogP contribution in [0.3, 0.4) is 0 Å². The second-order valence-electron chi connectivity index (χ2n) is 5.92. The summed E-state index contributed by atoms with van der Waals surface area (Å²) in [7, 11) is 0. The fourth-order valence-corrected chi connectivity index (χ4v) is 2.87. The number of carboxylic acid groups (broad SMARTS) is 1. The number of rotatable bonds is 5. The molecule has 0 saturated heterocycles. The van der Waals surface area contributed by atoms with Crippen LogP contribution in [0.15, 0.2) is 55.1 Å². The summed E-state index contributed by atoms with van der Waals surface area (Å²) in [5, 5.41) is 9.27. The lowest BCUT2D eigenvalue weighted by Gasteiger charge is -2.06. The molecule has 1 N–H and O–H groups in total. The number of fused-ring (bicyclic) bond motifs is 1. The summed E-state index contributed by atoms with van der Waals surface area (Å²) in [6.45, 7) is -2.98. The maximum absolute atomic E-state index is 13.2. The zero-order valence-electron chi connectivity index (χ0n) is 14.5. The molecule has 0 saturated carbocycles. The number of hydrogen-bond acceptors (Lipinski definition) is 5. The van der Waals surface area contributed by atoms with Crippen molar-refractivity contribution in [2.45, 2.75) is 6.61 Å². The number of ether oxygens (including phenoxy) is 1. The maximum Gasteiger partial charge on any atom is 0.387 e. The molecule has 0 atom stereocenters. The van der Waals surface area contributed by atoms with Crippen LogP contribution in [-0.2, 0) is 0 Å². The Balaban J connectivity index is 1.93. The lowest BCUT2D eigenvalue weighted by atomic mass is 10.1. The van der Waals surface area contributed by atoms with Crippen molar-refractivity contribution in [3.8, 4) is 22.8 Å². The first kappa shape index (κ1) is 18.4. The minimum absolute atomic E-state index is 0.0430. The molecule has 4 aromatic rings. The molecule has 4 rings (SSSR count). The van der Waals surface area contributed by atoms with E-state index in [-0.39, 0.29) is 17.3 Å². The monoisotopic (exact) mass is 400 g/mol. The number of benzene rings is 1. The van der Waals surface area contributed by atoms with Crippen molar-refractivity contribution in [3.63, 3.8) is 0 Å². The Morgan fingerprint density at radius 3 is 2.55 bits per heavy atom. The molecule has 0 radical (unpaired) electrons. The first-order valence-corrected chi connectivity index (χ1v) is 8.20. The number of aromatic nitrogens is 4. The Bertz CT molecular complexity index is 1210. The van der Waals surface area contributed by atoms with E-state index in [9.17, 15) is 23.1 Å². The van der Waals surface area contributed by atoms with Crippen molar-refractivity contribution >= 4 is 17.0 Å². The van der Waals surface area contributed by atoms with Crippen molar-refractivity contribution in [1.82, 2.24) is 19.5 Å². The highest BCUT2D eigenvalue weighted by molar-refractivity contribution is 5.98. The van der Waals surface area contributed by atoms with E-state index in [1.807, 2.05) is 0 Å². The molecule has 0 fully saturated rings. The van der Waals surface area contributed by atoms with Gasteiger partial charge in [0.15, 0.2) is 5.82 Å². The highest BCUT2D eigenvalue weighted by atomic mass is 19.3. The average molecular weight is 400 g/mol. The fourth-order valence-electron chi connectivity index (χ4n) is 2.87. The number of aromatic carboxylic acids is 1. The Hall–Kier alpha value is -3.95. The van der Waals surface area contributed by atoms with Gasteiger partial charge < -0.3 is 9.84 Å². The zero-order chi connectivity index (χ0) is 20.5. The van der Waals surface area contributed by atoms with Crippen molar-refractivity contribution < 1.29 is 27.8 Å². The van der Waals surface area contributed by atoms with E-state index in [4.69, 9.17) is 0 Å². The van der Waals surface area contributed by atoms with E-state index in [1.54, 1.807) is 12.3 Å². The number of nitrogens with zero attached hydrogens (tertiary/aromatic N) is 4. The van der Waals surface area contributed by atoms with Gasteiger partial charge in [0, 0.05) is 18.0 Å². The van der Waals surface area contributed by atoms with Crippen molar-refractivity contribution in [2.24, 2.45) is 0 Å². The topological polar surface area (TPSA) is 90.1 Å². The molecule has 29 heavy (non-hydrogen) atoms. The molecule has 0 spiro atoms. The fraction of sp³-hybridized carbons (Fsp3) is 0.0526. The van der Waals surface area contributed by atoms with Gasteiger partial charge >= 0.3 is 12.6 Å². The summed E-state index contributed by atoms with van der Waals surface area (Å²) in [6, 6.07) is 7.36. The Labute approximate surface area is 161 Å². The number of pyridine rings is 1. The van der Waals surface area contributed by atoms with Gasteiger partial charge in [0.1, 0.15) is 5.75 Å². The maximum atomic E-state index is 13.2. The van der Waals surface area contributed by atoms with Gasteiger partial charge in [-0.05, 0) is 23.8 Å². The van der Waals surface area contributed by atoms with Gasteiger partial charge in [-0.2, -0.15) is 8.78 Å². The lowest BCUT2D eigenvalue weighted by Crippen LogP contribution is -2.02. The number of alkyl halides is 2. The van der Waals surface area contributed by atoms with Gasteiger partial charge in [0.05, 0.1) is 29.0 Å². The normalized spacial score (nSPS) is 11.2. The summed E-state index contributed by atoms with van der Waals surface area (Å²) >= 11 is 0. The summed E-state index contributed by atoms with van der Waals surface area (Å²) in [6.07, 6.45) is 4.69. The van der Waals surface area contributed by atoms with Gasteiger partial charge in [0.25, 0.3) is 0 Å². The second-order valence-corrected chi connectivity index (χ2v) is 5.92. The summed E-state index contributed by atoms with van der Waals surface area (Å²) < 4.78 is 44.2. The molecular formula is C19H11F3N4O3. The van der Waals surface area contributed by atoms with Gasteiger partial charge in [-0.25, -0.2) is 19.2 Å². The van der Waals surface area contributed by atoms with E-state index >= 15 is 0 Å². The smallest absolute Gasteiger partial charge is 0.387 e. The molecule has 10 heteroatoms. The number of hydrogen-bond donors (Lipinski definition) is 1. The summed E-state index contributed by atoms with van der Waals surface area (Å²) in [5.41, 5.74) is 1.68. The first-order valence-electron chi connectivity index (χ1n) is 8.20. The summed E-state index contributed by atoms with van der Waals surface area (Å²) in [4.78, 5) is 23.4. The molecule has 1 aromatic carbocycles. The zero-order valence-corrected chi connectivity index (χ0v) is 14.5. The Morgan fingerprint density at radius 1 is 1.10 bits per heavy atom. The predicted molar refractivity (Wildman–Crippen MR) is 95.6 cm³/mol. The van der Waals surface area contributed by atoms with Crippen LogP contribution in [0.5, 0.6) is 5.75 Å². The van der Waals surface area contributed by atoms with Gasteiger partial charge in [0.2, 0.25) is 5.95 Å². The van der Waals surface area contributed by atoms with E-state index in [1.165, 1.54) is 35.0 Å². The van der Waals surface area contributed by atoms with Gasteiger partial charge in [-0.3, -0.25) is 9.55 Å². The molecule has 146 valence electrons. The van der Waals surface area contributed by atoms with Crippen molar-refractivity contribution in [2.75, 3.05) is 0 Å². The van der Waals surface area contributed by atoms with E-state index in [0.29, 0.717) is 22.2 Å². The molecule has 0 aliphatic heterocycles. The highest BCUT2D eigenvalue weighted by Crippen LogP contribution is 2.33. The molecule has 0 unspecified atom stereocenters. The third-order valence-corrected chi connectivity index (χ3v) is 4.08. The van der Waals surface area contributed by atoms with Crippen LogP contribution in [0.2, 0.25) is 0 Å². The first-order chi connectivity index (χ1) is 13.9. The van der Waals surface area contributed by atoms with Gasteiger partial charge in [-0.1, -0.05) is 12.1 Å². The highest BCUT2D eigenvalue weighted by Gasteiger charge is 2.17. The molecular weight excluding hydrogens is 389 g/mol. The lowest BCUT2D eigenvalue weighted by molar-refractivity contribution is -0.0498.